The van der Waals surface area contributed by atoms with E-state index >= 15 is 0 Å². The lowest BCUT2D eigenvalue weighted by Gasteiger charge is -2.29. The SMILES string of the molecule is C=CCC(C)C(I)C(C)(I)C[O]. The van der Waals surface area contributed by atoms with Gasteiger partial charge < -0.3 is 0 Å². The van der Waals surface area contributed by atoms with Crippen molar-refractivity contribution in [3.8, 4) is 0 Å². The van der Waals surface area contributed by atoms with Crippen LogP contribution in [-0.2, 0) is 5.11 Å². The van der Waals surface area contributed by atoms with Gasteiger partial charge in [0.15, 0.2) is 0 Å². The van der Waals surface area contributed by atoms with Crippen LogP contribution in [0.3, 0.4) is 0 Å². The zero-order valence-corrected chi connectivity index (χ0v) is 11.8. The molecule has 0 aromatic carbocycles. The summed E-state index contributed by atoms with van der Waals surface area (Å²) >= 11 is 4.64. The van der Waals surface area contributed by atoms with Crippen molar-refractivity contribution in [2.45, 2.75) is 27.6 Å². The van der Waals surface area contributed by atoms with Crippen molar-refractivity contribution in [1.82, 2.24) is 0 Å². The Balaban J connectivity index is 4.16. The van der Waals surface area contributed by atoms with Gasteiger partial charge in [0.05, 0.1) is 10.0 Å². The van der Waals surface area contributed by atoms with Crippen molar-refractivity contribution in [1.29, 1.82) is 0 Å². The fourth-order valence-corrected chi connectivity index (χ4v) is 2.14. The molecule has 3 atom stereocenters. The van der Waals surface area contributed by atoms with E-state index in [0.29, 0.717) is 9.84 Å². The molecule has 3 heteroatoms. The second-order valence-electron chi connectivity index (χ2n) is 3.33. The van der Waals surface area contributed by atoms with E-state index in [9.17, 15) is 5.11 Å². The summed E-state index contributed by atoms with van der Waals surface area (Å²) in [6, 6.07) is 0. The van der Waals surface area contributed by atoms with E-state index in [1.165, 1.54) is 0 Å². The Morgan fingerprint density at radius 1 is 1.67 bits per heavy atom. The van der Waals surface area contributed by atoms with Crippen molar-refractivity contribution < 1.29 is 5.11 Å². The Bertz CT molecular complexity index is 145. The van der Waals surface area contributed by atoms with Crippen LogP contribution in [0.4, 0.5) is 0 Å². The highest BCUT2D eigenvalue weighted by atomic mass is 127. The second-order valence-corrected chi connectivity index (χ2v) is 7.13. The van der Waals surface area contributed by atoms with Gasteiger partial charge in [0.1, 0.15) is 0 Å². The van der Waals surface area contributed by atoms with Crippen LogP contribution in [0.2, 0.25) is 0 Å². The average molecular weight is 393 g/mol. The van der Waals surface area contributed by atoms with E-state index in [-0.39, 0.29) is 10.0 Å². The predicted octanol–water partition coefficient (Wildman–Crippen LogP) is 3.63. The summed E-state index contributed by atoms with van der Waals surface area (Å²) in [6.07, 6.45) is 2.92. The zero-order valence-electron chi connectivity index (χ0n) is 7.52. The molecule has 0 saturated heterocycles. The third kappa shape index (κ3) is 3.91. The lowest BCUT2D eigenvalue weighted by Crippen LogP contribution is -2.36. The molecule has 0 aromatic heterocycles. The molecule has 0 saturated carbocycles. The van der Waals surface area contributed by atoms with Gasteiger partial charge >= 0.3 is 0 Å². The minimum Gasteiger partial charge on any atom is -0.235 e. The number of rotatable bonds is 5. The second kappa shape index (κ2) is 5.80. The molecule has 0 aliphatic heterocycles. The molecule has 12 heavy (non-hydrogen) atoms. The van der Waals surface area contributed by atoms with E-state index in [4.69, 9.17) is 0 Å². The number of halogens is 2. The zero-order chi connectivity index (χ0) is 9.78. The molecular weight excluding hydrogens is 378 g/mol. The predicted molar refractivity (Wildman–Crippen MR) is 69.8 cm³/mol. The number of hydrogen-bond acceptors (Lipinski definition) is 0. The first-order chi connectivity index (χ1) is 5.45. The highest BCUT2D eigenvalue weighted by molar-refractivity contribution is 14.1. The molecule has 0 fully saturated rings. The maximum Gasteiger partial charge on any atom is 0.0975 e. The molecular formula is C9H15I2O. The van der Waals surface area contributed by atoms with E-state index < -0.39 is 0 Å². The molecule has 0 aromatic rings. The van der Waals surface area contributed by atoms with Crippen LogP contribution in [0.25, 0.3) is 0 Å². The summed E-state index contributed by atoms with van der Waals surface area (Å²) in [6.45, 7) is 7.89. The molecule has 1 nitrogen and oxygen atoms in total. The molecule has 0 N–H and O–H groups in total. The van der Waals surface area contributed by atoms with Gasteiger partial charge in [-0.1, -0.05) is 58.2 Å². The molecule has 0 bridgehead atoms. The maximum atomic E-state index is 10.9. The Morgan fingerprint density at radius 3 is 2.50 bits per heavy atom. The lowest BCUT2D eigenvalue weighted by molar-refractivity contribution is 0.166. The number of allylic oxidation sites excluding steroid dienone is 1. The van der Waals surface area contributed by atoms with Crippen molar-refractivity contribution in [3.05, 3.63) is 12.7 Å². The molecule has 71 valence electrons. The Kier molecular flexibility index (Phi) is 6.36. The third-order valence-electron chi connectivity index (χ3n) is 1.90. The van der Waals surface area contributed by atoms with Gasteiger partial charge in [-0.2, -0.15) is 0 Å². The van der Waals surface area contributed by atoms with Crippen LogP contribution in [0, 0.1) is 5.92 Å². The molecule has 0 amide bonds. The maximum absolute atomic E-state index is 10.9. The van der Waals surface area contributed by atoms with Gasteiger partial charge in [0.2, 0.25) is 0 Å². The Morgan fingerprint density at radius 2 is 2.17 bits per heavy atom. The van der Waals surface area contributed by atoms with Crippen molar-refractivity contribution in [2.75, 3.05) is 6.61 Å². The normalized spacial score (nSPS) is 21.1. The summed E-state index contributed by atoms with van der Waals surface area (Å²) < 4.78 is 0.298. The summed E-state index contributed by atoms with van der Waals surface area (Å²) in [7, 11) is 0. The van der Waals surface area contributed by atoms with E-state index in [0.717, 1.165) is 6.42 Å². The molecule has 1 radical (unpaired) electrons. The van der Waals surface area contributed by atoms with Crippen molar-refractivity contribution in [3.63, 3.8) is 0 Å². The molecule has 0 heterocycles. The van der Waals surface area contributed by atoms with Crippen molar-refractivity contribution >= 4 is 45.2 Å². The summed E-state index contributed by atoms with van der Waals surface area (Å²) in [4.78, 5) is 0. The summed E-state index contributed by atoms with van der Waals surface area (Å²) in [5.41, 5.74) is 0. The van der Waals surface area contributed by atoms with Crippen LogP contribution < -0.4 is 0 Å². The minimum atomic E-state index is -0.124. The summed E-state index contributed by atoms with van der Waals surface area (Å²) in [5.74, 6) is 0.541. The number of alkyl halides is 2. The summed E-state index contributed by atoms with van der Waals surface area (Å²) in [5, 5.41) is 10.9. The molecule has 0 rings (SSSR count). The van der Waals surface area contributed by atoms with Gasteiger partial charge in [0, 0.05) is 3.92 Å². The van der Waals surface area contributed by atoms with E-state index in [1.807, 2.05) is 13.0 Å². The van der Waals surface area contributed by atoms with Gasteiger partial charge in [0.25, 0.3) is 0 Å². The standard InChI is InChI=1S/C9H15I2O/c1-4-5-7(2)8(10)9(3,11)6-12/h4,7-8H,1,5-6H2,2-3H3. The van der Waals surface area contributed by atoms with E-state index in [1.54, 1.807) is 0 Å². The smallest absolute Gasteiger partial charge is 0.0975 e. The van der Waals surface area contributed by atoms with Gasteiger partial charge in [-0.25, -0.2) is 5.11 Å². The Hall–Kier alpha value is 1.16. The third-order valence-corrected chi connectivity index (χ3v) is 6.67. The van der Waals surface area contributed by atoms with Gasteiger partial charge in [-0.3, -0.25) is 0 Å². The van der Waals surface area contributed by atoms with Crippen LogP contribution >= 0.6 is 45.2 Å². The first-order valence-electron chi connectivity index (χ1n) is 3.97. The fraction of sp³-hybridized carbons (Fsp3) is 0.778. The monoisotopic (exact) mass is 393 g/mol. The first-order valence-corrected chi connectivity index (χ1v) is 6.30. The largest absolute Gasteiger partial charge is 0.235 e. The number of hydrogen-bond donors (Lipinski definition) is 0. The molecule has 3 unspecified atom stereocenters. The van der Waals surface area contributed by atoms with Crippen LogP contribution in [0.15, 0.2) is 12.7 Å². The van der Waals surface area contributed by atoms with Gasteiger partial charge in [-0.15, -0.1) is 6.58 Å². The van der Waals surface area contributed by atoms with Crippen LogP contribution in [-0.4, -0.2) is 14.0 Å². The molecule has 0 aliphatic rings. The molecule has 0 aliphatic carbocycles. The highest BCUT2D eigenvalue weighted by Gasteiger charge is 2.32. The highest BCUT2D eigenvalue weighted by Crippen LogP contribution is 2.34. The minimum absolute atomic E-state index is 0.0113. The first kappa shape index (κ1) is 13.2. The topological polar surface area (TPSA) is 19.9 Å². The Labute approximate surface area is 102 Å². The van der Waals surface area contributed by atoms with Crippen molar-refractivity contribution in [2.24, 2.45) is 5.92 Å². The average Bonchev–Trinajstić information content (AvgIpc) is 2.03. The fourth-order valence-electron chi connectivity index (χ4n) is 1.06. The van der Waals surface area contributed by atoms with E-state index in [2.05, 4.69) is 58.7 Å². The van der Waals surface area contributed by atoms with Crippen LogP contribution in [0.1, 0.15) is 20.3 Å². The molecule has 0 spiro atoms. The van der Waals surface area contributed by atoms with Gasteiger partial charge in [-0.05, 0) is 19.3 Å². The van der Waals surface area contributed by atoms with Crippen LogP contribution in [0.5, 0.6) is 0 Å². The quantitative estimate of drug-likeness (QED) is 0.387. The lowest BCUT2D eigenvalue weighted by atomic mass is 9.95.